The number of rotatable bonds is 5. The highest BCUT2D eigenvalue weighted by atomic mass is 35.5. The Kier molecular flexibility index (Phi) is 7.91. The van der Waals surface area contributed by atoms with Crippen molar-refractivity contribution in [1.29, 1.82) is 0 Å². The van der Waals surface area contributed by atoms with E-state index < -0.39 is 0 Å². The van der Waals surface area contributed by atoms with Gasteiger partial charge in [-0.15, -0.1) is 0 Å². The lowest BCUT2D eigenvalue weighted by Gasteiger charge is -2.14. The number of thiocarbonyl (C=S) groups is 2. The van der Waals surface area contributed by atoms with Crippen LogP contribution in [0.2, 0.25) is 5.02 Å². The van der Waals surface area contributed by atoms with E-state index in [2.05, 4.69) is 40.5 Å². The molecule has 25 heavy (non-hydrogen) atoms. The molecule has 0 saturated heterocycles. The van der Waals surface area contributed by atoms with Crippen molar-refractivity contribution in [1.82, 2.24) is 10.9 Å². The molecule has 0 atom stereocenters. The maximum atomic E-state index is 5.85. The lowest BCUT2D eigenvalue weighted by atomic mass is 10.1. The minimum Gasteiger partial charge on any atom is -0.331 e. The van der Waals surface area contributed by atoms with Gasteiger partial charge in [0, 0.05) is 16.4 Å². The smallest absolute Gasteiger partial charge is 0.189 e. The van der Waals surface area contributed by atoms with Gasteiger partial charge < -0.3 is 10.6 Å². The molecule has 7 heteroatoms. The zero-order valence-electron chi connectivity index (χ0n) is 13.9. The normalized spacial score (nSPS) is 10.0. The van der Waals surface area contributed by atoms with Crippen LogP contribution in [-0.2, 0) is 6.42 Å². The molecule has 0 aliphatic rings. The molecule has 0 aromatic heterocycles. The van der Waals surface area contributed by atoms with E-state index in [1.807, 2.05) is 24.3 Å². The largest absolute Gasteiger partial charge is 0.331 e. The molecular formula is C18H21ClN4S2. The first-order valence-corrected chi connectivity index (χ1v) is 9.25. The molecule has 0 spiro atoms. The van der Waals surface area contributed by atoms with Gasteiger partial charge in [0.2, 0.25) is 0 Å². The van der Waals surface area contributed by atoms with Crippen LogP contribution in [0.25, 0.3) is 0 Å². The SMILES string of the molecule is CCCCc1ccc(NC(=S)NNC(=S)Nc2ccc(Cl)cc2)cc1. The van der Waals surface area contributed by atoms with E-state index >= 15 is 0 Å². The third kappa shape index (κ3) is 7.25. The summed E-state index contributed by atoms with van der Waals surface area (Å²) in [6.45, 7) is 2.19. The van der Waals surface area contributed by atoms with Crippen molar-refractivity contribution in [3.63, 3.8) is 0 Å². The molecule has 0 amide bonds. The van der Waals surface area contributed by atoms with Crippen LogP contribution in [-0.4, -0.2) is 10.2 Å². The van der Waals surface area contributed by atoms with Crippen molar-refractivity contribution in [2.24, 2.45) is 0 Å². The maximum Gasteiger partial charge on any atom is 0.189 e. The van der Waals surface area contributed by atoms with Gasteiger partial charge in [0.05, 0.1) is 0 Å². The molecule has 4 N–H and O–H groups in total. The quantitative estimate of drug-likeness (QED) is 0.430. The average Bonchev–Trinajstić information content (AvgIpc) is 2.61. The van der Waals surface area contributed by atoms with Gasteiger partial charge >= 0.3 is 0 Å². The van der Waals surface area contributed by atoms with Crippen LogP contribution in [0.15, 0.2) is 48.5 Å². The van der Waals surface area contributed by atoms with Gasteiger partial charge in [0.25, 0.3) is 0 Å². The first-order chi connectivity index (χ1) is 12.1. The molecule has 0 unspecified atom stereocenters. The summed E-state index contributed by atoms with van der Waals surface area (Å²) in [5.74, 6) is 0. The predicted octanol–water partition coefficient (Wildman–Crippen LogP) is 4.87. The van der Waals surface area contributed by atoms with Crippen LogP contribution in [0.3, 0.4) is 0 Å². The minimum atomic E-state index is 0.404. The third-order valence-electron chi connectivity index (χ3n) is 3.42. The highest BCUT2D eigenvalue weighted by molar-refractivity contribution is 7.81. The molecule has 0 radical (unpaired) electrons. The van der Waals surface area contributed by atoms with Crippen molar-refractivity contribution in [3.8, 4) is 0 Å². The summed E-state index contributed by atoms with van der Waals surface area (Å²) in [6, 6.07) is 15.5. The number of aryl methyl sites for hydroxylation is 1. The number of nitrogens with one attached hydrogen (secondary N) is 4. The summed E-state index contributed by atoms with van der Waals surface area (Å²) in [7, 11) is 0. The van der Waals surface area contributed by atoms with Crippen LogP contribution < -0.4 is 21.5 Å². The maximum absolute atomic E-state index is 5.85. The Bertz CT molecular complexity index is 702. The Balaban J connectivity index is 1.74. The van der Waals surface area contributed by atoms with E-state index in [9.17, 15) is 0 Å². The molecule has 0 bridgehead atoms. The fourth-order valence-corrected chi connectivity index (χ4v) is 2.57. The molecule has 132 valence electrons. The van der Waals surface area contributed by atoms with Crippen LogP contribution >= 0.6 is 36.0 Å². The van der Waals surface area contributed by atoms with Crippen molar-refractivity contribution < 1.29 is 0 Å². The summed E-state index contributed by atoms with van der Waals surface area (Å²) in [5.41, 5.74) is 8.79. The highest BCUT2D eigenvalue weighted by Crippen LogP contribution is 2.13. The van der Waals surface area contributed by atoms with Gasteiger partial charge in [-0.3, -0.25) is 10.9 Å². The Hall–Kier alpha value is -1.89. The van der Waals surface area contributed by atoms with E-state index in [1.165, 1.54) is 18.4 Å². The zero-order chi connectivity index (χ0) is 18.1. The van der Waals surface area contributed by atoms with Gasteiger partial charge in [-0.25, -0.2) is 0 Å². The molecule has 0 aliphatic heterocycles. The molecule has 0 heterocycles. The van der Waals surface area contributed by atoms with E-state index in [1.54, 1.807) is 12.1 Å². The lowest BCUT2D eigenvalue weighted by molar-refractivity contribution is 0.795. The van der Waals surface area contributed by atoms with Crippen LogP contribution in [0.5, 0.6) is 0 Å². The minimum absolute atomic E-state index is 0.404. The molecular weight excluding hydrogens is 372 g/mol. The Morgan fingerprint density at radius 3 is 1.80 bits per heavy atom. The highest BCUT2D eigenvalue weighted by Gasteiger charge is 2.01. The van der Waals surface area contributed by atoms with Crippen LogP contribution in [0.4, 0.5) is 11.4 Å². The molecule has 2 aromatic rings. The standard InChI is InChI=1S/C18H21ClN4S2/c1-2-3-4-13-5-9-15(10-6-13)20-17(24)22-23-18(25)21-16-11-7-14(19)8-12-16/h5-12H,2-4H2,1H3,(H2,20,22,24)(H2,21,23,25). The number of unbranched alkanes of at least 4 members (excludes halogenated alkanes) is 1. The predicted molar refractivity (Wildman–Crippen MR) is 115 cm³/mol. The molecule has 0 aliphatic carbocycles. The van der Waals surface area contributed by atoms with Gasteiger partial charge in [0.15, 0.2) is 10.2 Å². The topological polar surface area (TPSA) is 48.1 Å². The molecule has 4 nitrogen and oxygen atoms in total. The number of anilines is 2. The summed E-state index contributed by atoms with van der Waals surface area (Å²) < 4.78 is 0. The average molecular weight is 393 g/mol. The van der Waals surface area contributed by atoms with Crippen molar-refractivity contribution >= 4 is 57.6 Å². The number of halogens is 1. The van der Waals surface area contributed by atoms with E-state index in [4.69, 9.17) is 36.0 Å². The molecule has 2 rings (SSSR count). The summed E-state index contributed by atoms with van der Waals surface area (Å²) >= 11 is 16.3. The first kappa shape index (κ1) is 19.4. The number of hydrogen-bond donors (Lipinski definition) is 4. The monoisotopic (exact) mass is 392 g/mol. The fourth-order valence-electron chi connectivity index (χ4n) is 2.11. The van der Waals surface area contributed by atoms with Crippen molar-refractivity contribution in [3.05, 3.63) is 59.1 Å². The first-order valence-electron chi connectivity index (χ1n) is 8.05. The van der Waals surface area contributed by atoms with Gasteiger partial charge in [-0.2, -0.15) is 0 Å². The molecule has 0 fully saturated rings. The van der Waals surface area contributed by atoms with E-state index in [0.29, 0.717) is 15.2 Å². The Morgan fingerprint density at radius 1 is 0.840 bits per heavy atom. The second-order valence-electron chi connectivity index (χ2n) is 5.47. The fraction of sp³-hybridized carbons (Fsp3) is 0.222. The lowest BCUT2D eigenvalue weighted by Crippen LogP contribution is -2.45. The Morgan fingerprint density at radius 2 is 1.32 bits per heavy atom. The number of hydrogen-bond acceptors (Lipinski definition) is 2. The van der Waals surface area contributed by atoms with Crippen LogP contribution in [0.1, 0.15) is 25.3 Å². The van der Waals surface area contributed by atoms with Crippen molar-refractivity contribution in [2.75, 3.05) is 10.6 Å². The zero-order valence-corrected chi connectivity index (χ0v) is 16.3. The van der Waals surface area contributed by atoms with Gasteiger partial charge in [0.1, 0.15) is 0 Å². The summed E-state index contributed by atoms with van der Waals surface area (Å²) in [5, 5.41) is 7.64. The van der Waals surface area contributed by atoms with Crippen LogP contribution in [0, 0.1) is 0 Å². The summed E-state index contributed by atoms with van der Waals surface area (Å²) in [6.07, 6.45) is 3.50. The summed E-state index contributed by atoms with van der Waals surface area (Å²) in [4.78, 5) is 0. The number of hydrazine groups is 1. The second-order valence-corrected chi connectivity index (χ2v) is 6.72. The molecule has 2 aromatic carbocycles. The third-order valence-corrected chi connectivity index (χ3v) is 4.08. The van der Waals surface area contributed by atoms with Gasteiger partial charge in [-0.1, -0.05) is 37.1 Å². The molecule has 0 saturated carbocycles. The van der Waals surface area contributed by atoms with Gasteiger partial charge in [-0.05, 0) is 79.2 Å². The Labute approximate surface area is 164 Å². The number of benzene rings is 2. The van der Waals surface area contributed by atoms with E-state index in [0.717, 1.165) is 17.8 Å². The van der Waals surface area contributed by atoms with Crippen molar-refractivity contribution in [2.45, 2.75) is 26.2 Å². The van der Waals surface area contributed by atoms with E-state index in [-0.39, 0.29) is 0 Å². The second kappa shape index (κ2) is 10.2.